The summed E-state index contributed by atoms with van der Waals surface area (Å²) in [6, 6.07) is 5.63. The molecule has 6 nitrogen and oxygen atoms in total. The summed E-state index contributed by atoms with van der Waals surface area (Å²) < 4.78 is 5.68. The summed E-state index contributed by atoms with van der Waals surface area (Å²) in [6.07, 6.45) is 2.50. The summed E-state index contributed by atoms with van der Waals surface area (Å²) in [5.41, 5.74) is 6.37. The number of primary amides is 1. The summed E-state index contributed by atoms with van der Waals surface area (Å²) >= 11 is 6.07. The molecule has 0 aromatic heterocycles. The number of aliphatic imine (C=N–C) groups is 1. The highest BCUT2D eigenvalue weighted by atomic mass is 35.5. The van der Waals surface area contributed by atoms with E-state index in [-0.39, 0.29) is 5.91 Å². The third-order valence-electron chi connectivity index (χ3n) is 4.37. The number of carbonyl (C=O) groups is 1. The molecule has 1 aromatic rings. The molecule has 1 fully saturated rings. The van der Waals surface area contributed by atoms with Crippen LogP contribution in [0.1, 0.15) is 38.7 Å². The number of nitrogens with zero attached hydrogens (tertiary/aromatic N) is 2. The van der Waals surface area contributed by atoms with Crippen molar-refractivity contribution in [1.29, 1.82) is 0 Å². The number of nitrogens with one attached hydrogen (secondary N) is 1. The maximum atomic E-state index is 11.2. The molecule has 1 saturated heterocycles. The summed E-state index contributed by atoms with van der Waals surface area (Å²) in [7, 11) is 0. The van der Waals surface area contributed by atoms with E-state index in [0.717, 1.165) is 49.7 Å². The lowest BCUT2D eigenvalue weighted by atomic mass is 9.95. The third-order valence-corrected chi connectivity index (χ3v) is 4.61. The van der Waals surface area contributed by atoms with E-state index in [1.807, 2.05) is 32.0 Å². The van der Waals surface area contributed by atoms with E-state index in [2.05, 4.69) is 10.2 Å². The average Bonchev–Trinajstić information content (AvgIpc) is 2.60. The number of likely N-dealkylation sites (tertiary alicyclic amines) is 1. The first-order valence-corrected chi connectivity index (χ1v) is 9.64. The lowest BCUT2D eigenvalue weighted by Crippen LogP contribution is -2.47. The molecular weight excluding hydrogens is 352 g/mol. The molecule has 0 spiro atoms. The van der Waals surface area contributed by atoms with Gasteiger partial charge in [-0.2, -0.15) is 0 Å². The van der Waals surface area contributed by atoms with Crippen molar-refractivity contribution in [2.75, 3.05) is 26.2 Å². The fourth-order valence-corrected chi connectivity index (χ4v) is 3.41. The maximum Gasteiger partial charge on any atom is 0.217 e. The summed E-state index contributed by atoms with van der Waals surface area (Å²) in [6.45, 7) is 7.60. The van der Waals surface area contributed by atoms with Gasteiger partial charge in [0, 0.05) is 36.6 Å². The van der Waals surface area contributed by atoms with E-state index in [4.69, 9.17) is 27.1 Å². The highest BCUT2D eigenvalue weighted by molar-refractivity contribution is 6.30. The van der Waals surface area contributed by atoms with Gasteiger partial charge in [0.15, 0.2) is 5.96 Å². The summed E-state index contributed by atoms with van der Waals surface area (Å²) in [4.78, 5) is 18.2. The number of ether oxygens (including phenoxy) is 1. The van der Waals surface area contributed by atoms with Gasteiger partial charge in [-0.15, -0.1) is 0 Å². The maximum absolute atomic E-state index is 11.2. The van der Waals surface area contributed by atoms with Crippen LogP contribution in [0, 0.1) is 5.92 Å². The fraction of sp³-hybridized carbons (Fsp3) is 0.579. The predicted molar refractivity (Wildman–Crippen MR) is 106 cm³/mol. The number of halogens is 1. The van der Waals surface area contributed by atoms with Crippen LogP contribution in [0.3, 0.4) is 0 Å². The Morgan fingerprint density at radius 1 is 1.46 bits per heavy atom. The van der Waals surface area contributed by atoms with E-state index in [9.17, 15) is 4.79 Å². The Balaban J connectivity index is 2.12. The molecule has 26 heavy (non-hydrogen) atoms. The van der Waals surface area contributed by atoms with Crippen molar-refractivity contribution in [2.45, 2.75) is 39.7 Å². The van der Waals surface area contributed by atoms with Gasteiger partial charge in [-0.05, 0) is 44.7 Å². The van der Waals surface area contributed by atoms with E-state index in [1.165, 1.54) is 0 Å². The molecule has 1 heterocycles. The monoisotopic (exact) mass is 380 g/mol. The number of hydrogen-bond donors (Lipinski definition) is 2. The van der Waals surface area contributed by atoms with Crippen LogP contribution in [0.4, 0.5) is 0 Å². The summed E-state index contributed by atoms with van der Waals surface area (Å²) in [5.74, 6) is 1.69. The molecule has 1 atom stereocenters. The zero-order valence-electron chi connectivity index (χ0n) is 15.6. The van der Waals surface area contributed by atoms with Crippen LogP contribution in [0.25, 0.3) is 0 Å². The molecule has 7 heteroatoms. The number of carbonyl (C=O) groups excluding carboxylic acids is 1. The van der Waals surface area contributed by atoms with E-state index in [1.54, 1.807) is 0 Å². The van der Waals surface area contributed by atoms with Crippen LogP contribution in [0.15, 0.2) is 23.2 Å². The van der Waals surface area contributed by atoms with Gasteiger partial charge in [0.05, 0.1) is 13.2 Å². The second kappa shape index (κ2) is 10.3. The van der Waals surface area contributed by atoms with Crippen molar-refractivity contribution in [3.05, 3.63) is 28.8 Å². The lowest BCUT2D eigenvalue weighted by molar-refractivity contribution is -0.119. The molecule has 0 radical (unpaired) electrons. The highest BCUT2D eigenvalue weighted by Gasteiger charge is 2.23. The van der Waals surface area contributed by atoms with Crippen LogP contribution >= 0.6 is 11.6 Å². The van der Waals surface area contributed by atoms with Crippen molar-refractivity contribution in [3.63, 3.8) is 0 Å². The number of rotatable bonds is 7. The minimum Gasteiger partial charge on any atom is -0.493 e. The van der Waals surface area contributed by atoms with Gasteiger partial charge in [0.2, 0.25) is 5.91 Å². The molecular formula is C19H29ClN4O2. The number of benzene rings is 1. The number of guanidine groups is 1. The van der Waals surface area contributed by atoms with Crippen molar-refractivity contribution in [2.24, 2.45) is 16.6 Å². The standard InChI is InChI=1S/C19H29ClN4O2/c1-3-22-19(24-9-5-6-14(13-24)10-18(21)25)23-12-15-7-8-16(20)11-17(15)26-4-2/h7-8,11,14H,3-6,9-10,12-13H2,1-2H3,(H2,21,25)(H,22,23). The molecule has 0 saturated carbocycles. The molecule has 1 amide bonds. The van der Waals surface area contributed by atoms with Gasteiger partial charge in [-0.25, -0.2) is 4.99 Å². The Morgan fingerprint density at radius 2 is 2.27 bits per heavy atom. The molecule has 144 valence electrons. The Kier molecular flexibility index (Phi) is 8.04. The molecule has 2 rings (SSSR count). The van der Waals surface area contributed by atoms with Crippen molar-refractivity contribution in [3.8, 4) is 5.75 Å². The Labute approximate surface area is 160 Å². The van der Waals surface area contributed by atoms with E-state index >= 15 is 0 Å². The Bertz CT molecular complexity index is 636. The van der Waals surface area contributed by atoms with Gasteiger partial charge in [-0.3, -0.25) is 4.79 Å². The van der Waals surface area contributed by atoms with Crippen LogP contribution in [-0.4, -0.2) is 43.0 Å². The smallest absolute Gasteiger partial charge is 0.217 e. The molecule has 3 N–H and O–H groups in total. The second-order valence-electron chi connectivity index (χ2n) is 6.48. The van der Waals surface area contributed by atoms with E-state index < -0.39 is 0 Å². The van der Waals surface area contributed by atoms with Crippen LogP contribution in [0.5, 0.6) is 5.75 Å². The average molecular weight is 381 g/mol. The molecule has 0 bridgehead atoms. The van der Waals surface area contributed by atoms with Gasteiger partial charge in [-0.1, -0.05) is 17.7 Å². The number of piperidine rings is 1. The Morgan fingerprint density at radius 3 is 2.96 bits per heavy atom. The number of nitrogens with two attached hydrogens (primary N) is 1. The highest BCUT2D eigenvalue weighted by Crippen LogP contribution is 2.25. The third kappa shape index (κ3) is 6.09. The molecule has 0 aliphatic carbocycles. The van der Waals surface area contributed by atoms with E-state index in [0.29, 0.717) is 30.5 Å². The van der Waals surface area contributed by atoms with Gasteiger partial charge in [0.25, 0.3) is 0 Å². The topological polar surface area (TPSA) is 80.0 Å². The summed E-state index contributed by atoms with van der Waals surface area (Å²) in [5, 5.41) is 4.00. The molecule has 1 unspecified atom stereocenters. The predicted octanol–water partition coefficient (Wildman–Crippen LogP) is 2.79. The van der Waals surface area contributed by atoms with Crippen molar-refractivity contribution in [1.82, 2.24) is 10.2 Å². The second-order valence-corrected chi connectivity index (χ2v) is 6.92. The van der Waals surface area contributed by atoms with Gasteiger partial charge < -0.3 is 20.7 Å². The quantitative estimate of drug-likeness (QED) is 0.563. The van der Waals surface area contributed by atoms with Crippen LogP contribution in [0.2, 0.25) is 5.02 Å². The minimum absolute atomic E-state index is 0.235. The minimum atomic E-state index is -0.235. The van der Waals surface area contributed by atoms with Crippen LogP contribution < -0.4 is 15.8 Å². The fourth-order valence-electron chi connectivity index (χ4n) is 3.24. The first kappa shape index (κ1) is 20.4. The normalized spacial score (nSPS) is 17.9. The molecule has 1 aromatic carbocycles. The first-order chi connectivity index (χ1) is 12.5. The molecule has 1 aliphatic rings. The van der Waals surface area contributed by atoms with Gasteiger partial charge in [0.1, 0.15) is 5.75 Å². The van der Waals surface area contributed by atoms with Gasteiger partial charge >= 0.3 is 0 Å². The lowest BCUT2D eigenvalue weighted by Gasteiger charge is -2.34. The largest absolute Gasteiger partial charge is 0.493 e. The number of hydrogen-bond acceptors (Lipinski definition) is 3. The zero-order valence-corrected chi connectivity index (χ0v) is 16.4. The zero-order chi connectivity index (χ0) is 18.9. The van der Waals surface area contributed by atoms with Crippen LogP contribution in [-0.2, 0) is 11.3 Å². The van der Waals surface area contributed by atoms with Crippen molar-refractivity contribution >= 4 is 23.5 Å². The van der Waals surface area contributed by atoms with Crippen molar-refractivity contribution < 1.29 is 9.53 Å². The molecule has 1 aliphatic heterocycles. The number of amides is 1. The first-order valence-electron chi connectivity index (χ1n) is 9.26. The Hall–Kier alpha value is -1.95. The SMILES string of the molecule is CCNC(=NCc1ccc(Cl)cc1OCC)N1CCCC(CC(N)=O)C1.